The molecule has 1 saturated heterocycles. The molecule has 114 valence electrons. The second kappa shape index (κ2) is 6.13. The number of ether oxygens (including phenoxy) is 1. The van der Waals surface area contributed by atoms with E-state index in [2.05, 4.69) is 10.6 Å². The molecule has 3 N–H and O–H groups in total. The number of aliphatic hydroxyl groups excluding tert-OH is 1. The zero-order valence-electron chi connectivity index (χ0n) is 12.3. The van der Waals surface area contributed by atoms with Crippen LogP contribution in [0.3, 0.4) is 0 Å². The van der Waals surface area contributed by atoms with Crippen molar-refractivity contribution in [3.8, 4) is 0 Å². The SMILES string of the molecule is Cc1c(C(O)CNC2CCCNC2)ccc2c1COC2=O. The van der Waals surface area contributed by atoms with E-state index in [0.29, 0.717) is 24.8 Å². The predicted molar refractivity (Wildman–Crippen MR) is 79.2 cm³/mol. The van der Waals surface area contributed by atoms with Crippen molar-refractivity contribution >= 4 is 5.97 Å². The van der Waals surface area contributed by atoms with Crippen LogP contribution in [0.4, 0.5) is 0 Å². The number of hydrogen-bond donors (Lipinski definition) is 3. The fourth-order valence-corrected chi connectivity index (χ4v) is 3.14. The van der Waals surface area contributed by atoms with Gasteiger partial charge < -0.3 is 20.5 Å². The van der Waals surface area contributed by atoms with Gasteiger partial charge in [-0.1, -0.05) is 6.07 Å². The Bertz CT molecular complexity index is 539. The first-order chi connectivity index (χ1) is 10.2. The summed E-state index contributed by atoms with van der Waals surface area (Å²) in [7, 11) is 0. The molecule has 2 atom stereocenters. The van der Waals surface area contributed by atoms with Crippen LogP contribution >= 0.6 is 0 Å². The Morgan fingerprint density at radius 2 is 2.38 bits per heavy atom. The third kappa shape index (κ3) is 2.95. The smallest absolute Gasteiger partial charge is 0.338 e. The Balaban J connectivity index is 1.67. The Morgan fingerprint density at radius 1 is 1.52 bits per heavy atom. The number of esters is 1. The molecule has 0 spiro atoms. The number of carbonyl (C=O) groups excluding carboxylic acids is 1. The summed E-state index contributed by atoms with van der Waals surface area (Å²) in [5.74, 6) is -0.263. The van der Waals surface area contributed by atoms with Crippen LogP contribution < -0.4 is 10.6 Å². The number of hydrogen-bond acceptors (Lipinski definition) is 5. The zero-order valence-corrected chi connectivity index (χ0v) is 12.3. The molecule has 3 rings (SSSR count). The van der Waals surface area contributed by atoms with Gasteiger partial charge in [0.2, 0.25) is 0 Å². The lowest BCUT2D eigenvalue weighted by Crippen LogP contribution is -2.44. The Labute approximate surface area is 124 Å². The van der Waals surface area contributed by atoms with Crippen LogP contribution in [0.25, 0.3) is 0 Å². The Kier molecular flexibility index (Phi) is 4.24. The van der Waals surface area contributed by atoms with Gasteiger partial charge >= 0.3 is 5.97 Å². The molecule has 21 heavy (non-hydrogen) atoms. The standard InChI is InChI=1S/C16H22N2O3/c1-10-12(4-5-13-14(10)9-21-16(13)20)15(19)8-18-11-3-2-6-17-7-11/h4-5,11,15,17-19H,2-3,6-9H2,1H3. The lowest BCUT2D eigenvalue weighted by molar-refractivity contribution is 0.0535. The van der Waals surface area contributed by atoms with Crippen molar-refractivity contribution in [3.05, 3.63) is 34.4 Å². The quantitative estimate of drug-likeness (QED) is 0.723. The van der Waals surface area contributed by atoms with Crippen molar-refractivity contribution in [3.63, 3.8) is 0 Å². The molecule has 5 heteroatoms. The summed E-state index contributed by atoms with van der Waals surface area (Å²) in [5.41, 5.74) is 3.39. The molecule has 1 aromatic carbocycles. The number of aliphatic hydroxyl groups is 1. The van der Waals surface area contributed by atoms with Gasteiger partial charge in [-0.05, 0) is 43.5 Å². The molecule has 1 aromatic rings. The first kappa shape index (κ1) is 14.5. The van der Waals surface area contributed by atoms with Crippen molar-refractivity contribution in [2.75, 3.05) is 19.6 Å². The van der Waals surface area contributed by atoms with E-state index >= 15 is 0 Å². The van der Waals surface area contributed by atoms with Gasteiger partial charge in [0, 0.05) is 24.7 Å². The minimum Gasteiger partial charge on any atom is -0.457 e. The lowest BCUT2D eigenvalue weighted by Gasteiger charge is -2.25. The van der Waals surface area contributed by atoms with Gasteiger partial charge in [-0.3, -0.25) is 0 Å². The van der Waals surface area contributed by atoms with Crippen LogP contribution in [-0.4, -0.2) is 36.8 Å². The number of cyclic esters (lactones) is 1. The highest BCUT2D eigenvalue weighted by Crippen LogP contribution is 2.28. The summed E-state index contributed by atoms with van der Waals surface area (Å²) >= 11 is 0. The molecule has 0 amide bonds. The summed E-state index contributed by atoms with van der Waals surface area (Å²) in [6, 6.07) is 4.03. The van der Waals surface area contributed by atoms with Gasteiger partial charge in [0.15, 0.2) is 0 Å². The topological polar surface area (TPSA) is 70.6 Å². The highest BCUT2D eigenvalue weighted by molar-refractivity contribution is 5.93. The van der Waals surface area contributed by atoms with E-state index in [4.69, 9.17) is 4.74 Å². The predicted octanol–water partition coefficient (Wildman–Crippen LogP) is 1.04. The molecule has 0 saturated carbocycles. The summed E-state index contributed by atoms with van der Waals surface area (Å²) < 4.78 is 5.05. The molecular weight excluding hydrogens is 268 g/mol. The molecule has 2 unspecified atom stereocenters. The first-order valence-electron chi connectivity index (χ1n) is 7.58. The normalized spacial score (nSPS) is 22.8. The van der Waals surface area contributed by atoms with Gasteiger partial charge in [-0.15, -0.1) is 0 Å². The molecule has 2 aliphatic heterocycles. The van der Waals surface area contributed by atoms with Gasteiger partial charge in [0.1, 0.15) is 6.61 Å². The van der Waals surface area contributed by atoms with E-state index in [9.17, 15) is 9.90 Å². The lowest BCUT2D eigenvalue weighted by atomic mass is 9.95. The fraction of sp³-hybridized carbons (Fsp3) is 0.562. The van der Waals surface area contributed by atoms with Crippen LogP contribution in [0.5, 0.6) is 0 Å². The van der Waals surface area contributed by atoms with Gasteiger partial charge in [0.05, 0.1) is 11.7 Å². The number of carbonyl (C=O) groups is 1. The van der Waals surface area contributed by atoms with E-state index in [0.717, 1.165) is 36.2 Å². The average Bonchev–Trinajstić information content (AvgIpc) is 2.89. The van der Waals surface area contributed by atoms with Crippen LogP contribution in [0, 0.1) is 6.92 Å². The summed E-state index contributed by atoms with van der Waals surface area (Å²) in [6.45, 7) is 4.83. The fourth-order valence-electron chi connectivity index (χ4n) is 3.14. The van der Waals surface area contributed by atoms with Crippen molar-refractivity contribution in [1.29, 1.82) is 0 Å². The van der Waals surface area contributed by atoms with Crippen molar-refractivity contribution < 1.29 is 14.6 Å². The average molecular weight is 290 g/mol. The maximum Gasteiger partial charge on any atom is 0.338 e. The van der Waals surface area contributed by atoms with E-state index in [-0.39, 0.29) is 5.97 Å². The van der Waals surface area contributed by atoms with Crippen LogP contribution in [0.2, 0.25) is 0 Å². The molecule has 2 aliphatic rings. The second-order valence-corrected chi connectivity index (χ2v) is 5.85. The van der Waals surface area contributed by atoms with Crippen molar-refractivity contribution in [1.82, 2.24) is 10.6 Å². The van der Waals surface area contributed by atoms with E-state index in [1.165, 1.54) is 6.42 Å². The summed E-state index contributed by atoms with van der Waals surface area (Å²) in [6.07, 6.45) is 1.75. The highest BCUT2D eigenvalue weighted by atomic mass is 16.5. The third-order valence-corrected chi connectivity index (χ3v) is 4.46. The monoisotopic (exact) mass is 290 g/mol. The second-order valence-electron chi connectivity index (χ2n) is 5.85. The molecule has 0 bridgehead atoms. The van der Waals surface area contributed by atoms with E-state index in [1.54, 1.807) is 6.07 Å². The molecule has 1 fully saturated rings. The number of benzene rings is 1. The van der Waals surface area contributed by atoms with Gasteiger partial charge in [-0.25, -0.2) is 4.79 Å². The third-order valence-electron chi connectivity index (χ3n) is 4.46. The molecule has 0 radical (unpaired) electrons. The number of rotatable bonds is 4. The molecule has 2 heterocycles. The maximum atomic E-state index is 11.5. The van der Waals surface area contributed by atoms with Crippen LogP contribution in [0.15, 0.2) is 12.1 Å². The Hall–Kier alpha value is -1.43. The maximum absolute atomic E-state index is 11.5. The van der Waals surface area contributed by atoms with Crippen molar-refractivity contribution in [2.45, 2.75) is 38.5 Å². The number of fused-ring (bicyclic) bond motifs is 1. The van der Waals surface area contributed by atoms with Gasteiger partial charge in [0.25, 0.3) is 0 Å². The van der Waals surface area contributed by atoms with E-state index in [1.807, 2.05) is 13.0 Å². The largest absolute Gasteiger partial charge is 0.457 e. The van der Waals surface area contributed by atoms with E-state index < -0.39 is 6.10 Å². The molecule has 5 nitrogen and oxygen atoms in total. The van der Waals surface area contributed by atoms with Crippen LogP contribution in [0.1, 0.15) is 46.0 Å². The molecular formula is C16H22N2O3. The zero-order chi connectivity index (χ0) is 14.8. The summed E-state index contributed by atoms with van der Waals surface area (Å²) in [4.78, 5) is 11.5. The Morgan fingerprint density at radius 3 is 3.14 bits per heavy atom. The highest BCUT2D eigenvalue weighted by Gasteiger charge is 2.25. The van der Waals surface area contributed by atoms with Crippen LogP contribution in [-0.2, 0) is 11.3 Å². The minimum absolute atomic E-state index is 0.263. The van der Waals surface area contributed by atoms with Crippen molar-refractivity contribution in [2.24, 2.45) is 0 Å². The molecule has 0 aliphatic carbocycles. The minimum atomic E-state index is -0.562. The summed E-state index contributed by atoms with van der Waals surface area (Å²) in [5, 5.41) is 17.2. The number of piperidine rings is 1. The first-order valence-corrected chi connectivity index (χ1v) is 7.58. The number of nitrogens with one attached hydrogen (secondary N) is 2. The molecule has 0 aromatic heterocycles. The van der Waals surface area contributed by atoms with Gasteiger partial charge in [-0.2, -0.15) is 0 Å².